The Balaban J connectivity index is 1.36. The van der Waals surface area contributed by atoms with Gasteiger partial charge in [-0.25, -0.2) is 0 Å². The zero-order chi connectivity index (χ0) is 22.3. The second kappa shape index (κ2) is 10.5. The van der Waals surface area contributed by atoms with Gasteiger partial charge < -0.3 is 15.0 Å². The standard InChI is InChI=1S/C24H29N5O2S/c1-2-31-21-12-6-18(7-13-21)23-26-27-24(32)29(23)17-14-22(30)25-19-8-10-20(11-9-19)28-15-4-3-5-16-28/h6-13H,2-5,14-17H2,1H3,(H,25,30)(H,27,32). The Kier molecular flexibility index (Phi) is 7.21. The molecule has 1 aliphatic rings. The van der Waals surface area contributed by atoms with Crippen molar-refractivity contribution in [2.75, 3.05) is 29.9 Å². The van der Waals surface area contributed by atoms with E-state index in [1.54, 1.807) is 0 Å². The van der Waals surface area contributed by atoms with Crippen LogP contribution in [0.3, 0.4) is 0 Å². The predicted octanol–water partition coefficient (Wildman–Crippen LogP) is 5.03. The first kappa shape index (κ1) is 22.1. The lowest BCUT2D eigenvalue weighted by Gasteiger charge is -2.28. The van der Waals surface area contributed by atoms with E-state index < -0.39 is 0 Å². The first-order valence-electron chi connectivity index (χ1n) is 11.2. The minimum Gasteiger partial charge on any atom is -0.494 e. The highest BCUT2D eigenvalue weighted by atomic mass is 32.1. The van der Waals surface area contributed by atoms with Crippen molar-refractivity contribution in [3.63, 3.8) is 0 Å². The first-order valence-corrected chi connectivity index (χ1v) is 11.6. The third kappa shape index (κ3) is 5.37. The van der Waals surface area contributed by atoms with Gasteiger partial charge in [0, 0.05) is 43.0 Å². The average molecular weight is 452 g/mol. The summed E-state index contributed by atoms with van der Waals surface area (Å²) in [5, 5.41) is 10.2. The summed E-state index contributed by atoms with van der Waals surface area (Å²) < 4.78 is 7.84. The number of piperidine rings is 1. The molecule has 0 bridgehead atoms. The minimum atomic E-state index is -0.0588. The van der Waals surface area contributed by atoms with E-state index >= 15 is 0 Å². The van der Waals surface area contributed by atoms with E-state index in [-0.39, 0.29) is 5.91 Å². The lowest BCUT2D eigenvalue weighted by molar-refractivity contribution is -0.116. The summed E-state index contributed by atoms with van der Waals surface area (Å²) in [4.78, 5) is 15.0. The van der Waals surface area contributed by atoms with Crippen LogP contribution < -0.4 is 15.0 Å². The van der Waals surface area contributed by atoms with E-state index in [1.807, 2.05) is 47.9 Å². The zero-order valence-electron chi connectivity index (χ0n) is 18.3. The van der Waals surface area contributed by atoms with Crippen LogP contribution in [0.4, 0.5) is 11.4 Å². The van der Waals surface area contributed by atoms with E-state index in [4.69, 9.17) is 17.0 Å². The van der Waals surface area contributed by atoms with Crippen LogP contribution in [-0.4, -0.2) is 40.4 Å². The van der Waals surface area contributed by atoms with Crippen LogP contribution in [0.15, 0.2) is 48.5 Å². The number of nitrogens with one attached hydrogen (secondary N) is 2. The number of carbonyl (C=O) groups excluding carboxylic acids is 1. The molecule has 168 valence electrons. The maximum absolute atomic E-state index is 12.6. The van der Waals surface area contributed by atoms with Crippen LogP contribution in [0.5, 0.6) is 5.75 Å². The van der Waals surface area contributed by atoms with Crippen LogP contribution in [0.2, 0.25) is 0 Å². The van der Waals surface area contributed by atoms with Gasteiger partial charge in [0.2, 0.25) is 5.91 Å². The topological polar surface area (TPSA) is 75.2 Å². The molecule has 0 unspecified atom stereocenters. The monoisotopic (exact) mass is 451 g/mol. The van der Waals surface area contributed by atoms with Crippen molar-refractivity contribution in [2.24, 2.45) is 0 Å². The fraction of sp³-hybridized carbons (Fsp3) is 0.375. The molecule has 2 N–H and O–H groups in total. The number of rotatable bonds is 8. The highest BCUT2D eigenvalue weighted by Crippen LogP contribution is 2.23. The number of nitrogens with zero attached hydrogens (tertiary/aromatic N) is 3. The molecule has 0 spiro atoms. The lowest BCUT2D eigenvalue weighted by Crippen LogP contribution is -2.29. The van der Waals surface area contributed by atoms with Crippen LogP contribution in [0.1, 0.15) is 32.6 Å². The van der Waals surface area contributed by atoms with Crippen LogP contribution in [-0.2, 0) is 11.3 Å². The number of hydrogen-bond donors (Lipinski definition) is 2. The molecule has 4 rings (SSSR count). The summed E-state index contributed by atoms with van der Waals surface area (Å²) in [6.07, 6.45) is 4.10. The summed E-state index contributed by atoms with van der Waals surface area (Å²) in [7, 11) is 0. The molecule has 7 nitrogen and oxygen atoms in total. The Hall–Kier alpha value is -3.13. The third-order valence-electron chi connectivity index (χ3n) is 5.62. The lowest BCUT2D eigenvalue weighted by atomic mass is 10.1. The maximum atomic E-state index is 12.6. The van der Waals surface area contributed by atoms with Crippen LogP contribution in [0.25, 0.3) is 11.4 Å². The number of carbonyl (C=O) groups is 1. The highest BCUT2D eigenvalue weighted by Gasteiger charge is 2.13. The van der Waals surface area contributed by atoms with Crippen molar-refractivity contribution in [1.29, 1.82) is 0 Å². The molecule has 1 aliphatic heterocycles. The molecule has 2 heterocycles. The molecule has 0 aliphatic carbocycles. The van der Waals surface area contributed by atoms with Gasteiger partial charge in [-0.1, -0.05) is 0 Å². The van der Waals surface area contributed by atoms with E-state index in [1.165, 1.54) is 24.9 Å². The summed E-state index contributed by atoms with van der Waals surface area (Å²) in [5.41, 5.74) is 2.93. The molecule has 1 aromatic heterocycles. The number of H-pyrrole nitrogens is 1. The number of aromatic nitrogens is 3. The normalized spacial score (nSPS) is 13.7. The molecular weight excluding hydrogens is 422 g/mol. The molecule has 32 heavy (non-hydrogen) atoms. The number of hydrogen-bond acceptors (Lipinski definition) is 5. The van der Waals surface area contributed by atoms with Gasteiger partial charge >= 0.3 is 0 Å². The van der Waals surface area contributed by atoms with Crippen molar-refractivity contribution in [3.05, 3.63) is 53.3 Å². The molecule has 0 saturated carbocycles. The van der Waals surface area contributed by atoms with E-state index in [9.17, 15) is 4.79 Å². The SMILES string of the molecule is CCOc1ccc(-c2n[nH]c(=S)n2CCC(=O)Nc2ccc(N3CCCCC3)cc2)cc1. The minimum absolute atomic E-state index is 0.0588. The average Bonchev–Trinajstić information content (AvgIpc) is 3.20. The number of aromatic amines is 1. The Morgan fingerprint density at radius 3 is 2.50 bits per heavy atom. The van der Waals surface area contributed by atoms with Gasteiger partial charge in [-0.15, -0.1) is 0 Å². The Morgan fingerprint density at radius 2 is 1.81 bits per heavy atom. The van der Waals surface area contributed by atoms with Gasteiger partial charge in [-0.2, -0.15) is 5.10 Å². The molecule has 1 saturated heterocycles. The fourth-order valence-electron chi connectivity index (χ4n) is 3.96. The third-order valence-corrected chi connectivity index (χ3v) is 5.93. The summed E-state index contributed by atoms with van der Waals surface area (Å²) in [5.74, 6) is 1.45. The van der Waals surface area contributed by atoms with Crippen molar-refractivity contribution in [2.45, 2.75) is 39.2 Å². The number of anilines is 2. The van der Waals surface area contributed by atoms with Crippen molar-refractivity contribution >= 4 is 29.5 Å². The highest BCUT2D eigenvalue weighted by molar-refractivity contribution is 7.71. The van der Waals surface area contributed by atoms with Gasteiger partial charge in [0.25, 0.3) is 0 Å². The van der Waals surface area contributed by atoms with Crippen LogP contribution in [0, 0.1) is 4.77 Å². The Morgan fingerprint density at radius 1 is 1.09 bits per heavy atom. The Labute approximate surface area is 193 Å². The fourth-order valence-corrected chi connectivity index (χ4v) is 4.18. The second-order valence-corrected chi connectivity index (χ2v) is 8.24. The van der Waals surface area contributed by atoms with Gasteiger partial charge in [0.05, 0.1) is 6.61 Å². The van der Waals surface area contributed by atoms with Gasteiger partial charge in [-0.3, -0.25) is 14.5 Å². The van der Waals surface area contributed by atoms with Gasteiger partial charge in [-0.05, 0) is 86.9 Å². The first-order chi connectivity index (χ1) is 15.6. The number of ether oxygens (including phenoxy) is 1. The van der Waals surface area contributed by atoms with Crippen molar-refractivity contribution in [3.8, 4) is 17.1 Å². The van der Waals surface area contributed by atoms with Crippen molar-refractivity contribution in [1.82, 2.24) is 14.8 Å². The zero-order valence-corrected chi connectivity index (χ0v) is 19.2. The molecule has 0 radical (unpaired) electrons. The van der Waals surface area contributed by atoms with Gasteiger partial charge in [0.15, 0.2) is 10.6 Å². The summed E-state index contributed by atoms with van der Waals surface area (Å²) in [6.45, 7) is 5.22. The number of amides is 1. The molecule has 1 fully saturated rings. The maximum Gasteiger partial charge on any atom is 0.226 e. The molecular formula is C24H29N5O2S. The van der Waals surface area contributed by atoms with E-state index in [0.29, 0.717) is 30.2 Å². The molecule has 3 aromatic rings. The molecule has 2 aromatic carbocycles. The quantitative estimate of drug-likeness (QED) is 0.470. The molecule has 1 amide bonds. The summed E-state index contributed by atoms with van der Waals surface area (Å²) in [6, 6.07) is 15.8. The van der Waals surface area contributed by atoms with Crippen molar-refractivity contribution < 1.29 is 9.53 Å². The predicted molar refractivity (Wildman–Crippen MR) is 130 cm³/mol. The van der Waals surface area contributed by atoms with Gasteiger partial charge in [0.1, 0.15) is 5.75 Å². The molecule has 8 heteroatoms. The van der Waals surface area contributed by atoms with E-state index in [0.717, 1.165) is 30.1 Å². The van der Waals surface area contributed by atoms with Crippen LogP contribution >= 0.6 is 12.2 Å². The smallest absolute Gasteiger partial charge is 0.226 e. The Bertz CT molecular complexity index is 1080. The number of benzene rings is 2. The second-order valence-electron chi connectivity index (χ2n) is 7.85. The summed E-state index contributed by atoms with van der Waals surface area (Å²) >= 11 is 5.38. The van der Waals surface area contributed by atoms with E-state index in [2.05, 4.69) is 32.5 Å². The largest absolute Gasteiger partial charge is 0.494 e. The molecule has 0 atom stereocenters.